The van der Waals surface area contributed by atoms with Gasteiger partial charge in [-0.15, -0.1) is 0 Å². The molecule has 24 heavy (non-hydrogen) atoms. The number of aromatic nitrogens is 3. The molecule has 1 saturated carbocycles. The van der Waals surface area contributed by atoms with Gasteiger partial charge in [0.05, 0.1) is 23.1 Å². The van der Waals surface area contributed by atoms with Crippen molar-refractivity contribution in [2.24, 2.45) is 4.99 Å². The summed E-state index contributed by atoms with van der Waals surface area (Å²) in [6, 6.07) is 8.38. The fourth-order valence-corrected chi connectivity index (χ4v) is 4.59. The molecule has 0 amide bonds. The Hall–Kier alpha value is -1.59. The zero-order valence-corrected chi connectivity index (χ0v) is 15.6. The second-order valence-electron chi connectivity index (χ2n) is 6.47. The fourth-order valence-electron chi connectivity index (χ4n) is 3.34. The van der Waals surface area contributed by atoms with Gasteiger partial charge in [-0.25, -0.2) is 14.2 Å². The van der Waals surface area contributed by atoms with Crippen molar-refractivity contribution in [2.75, 3.05) is 0 Å². The van der Waals surface area contributed by atoms with E-state index < -0.39 is 0 Å². The van der Waals surface area contributed by atoms with Gasteiger partial charge < -0.3 is 0 Å². The van der Waals surface area contributed by atoms with Gasteiger partial charge in [0.25, 0.3) is 0 Å². The van der Waals surface area contributed by atoms with E-state index in [4.69, 9.17) is 21.6 Å². The van der Waals surface area contributed by atoms with E-state index >= 15 is 0 Å². The summed E-state index contributed by atoms with van der Waals surface area (Å²) < 4.78 is 4.35. The molecule has 0 spiro atoms. The average molecular weight is 361 g/mol. The van der Waals surface area contributed by atoms with Crippen LogP contribution < -0.4 is 4.80 Å². The molecule has 0 bridgehead atoms. The number of imidazole rings is 1. The lowest BCUT2D eigenvalue weighted by molar-refractivity contribution is 0.435. The highest BCUT2D eigenvalue weighted by Crippen LogP contribution is 2.22. The van der Waals surface area contributed by atoms with E-state index in [-0.39, 0.29) is 0 Å². The standard InChI is InChI=1S/C18H21ClN4S/c1-12-13(2)22-17(20-12)24-18(21-15-6-4-3-5-7-15)23(22)16-10-8-14(19)9-11-16/h8-11,15H,3-7H2,1-2H3. The second kappa shape index (κ2) is 6.37. The molecular formula is C18H21ClN4S. The van der Waals surface area contributed by atoms with Crippen LogP contribution >= 0.6 is 22.9 Å². The Labute approximate surface area is 150 Å². The number of halogens is 1. The van der Waals surface area contributed by atoms with Gasteiger partial charge in [0, 0.05) is 5.02 Å². The van der Waals surface area contributed by atoms with Crippen LogP contribution in [0.3, 0.4) is 0 Å². The minimum absolute atomic E-state index is 0.432. The maximum atomic E-state index is 6.07. The molecule has 0 atom stereocenters. The third kappa shape index (κ3) is 2.80. The van der Waals surface area contributed by atoms with E-state index in [1.807, 2.05) is 24.3 Å². The van der Waals surface area contributed by atoms with Crippen LogP contribution in [-0.2, 0) is 0 Å². The van der Waals surface area contributed by atoms with Crippen molar-refractivity contribution in [1.82, 2.24) is 14.2 Å². The molecule has 4 nitrogen and oxygen atoms in total. The van der Waals surface area contributed by atoms with Crippen molar-refractivity contribution in [1.29, 1.82) is 0 Å². The Morgan fingerprint density at radius 2 is 1.83 bits per heavy atom. The van der Waals surface area contributed by atoms with E-state index in [1.165, 1.54) is 32.1 Å². The van der Waals surface area contributed by atoms with E-state index in [0.717, 1.165) is 31.9 Å². The Morgan fingerprint density at radius 3 is 2.54 bits per heavy atom. The molecule has 1 aromatic carbocycles. The van der Waals surface area contributed by atoms with Crippen molar-refractivity contribution in [3.8, 4) is 5.69 Å². The van der Waals surface area contributed by atoms with Crippen LogP contribution in [0.5, 0.6) is 0 Å². The highest BCUT2D eigenvalue weighted by Gasteiger charge is 2.17. The SMILES string of the molecule is Cc1nc2sc(=NC3CCCCC3)n(-c3ccc(Cl)cc3)n2c1C. The smallest absolute Gasteiger partial charge is 0.213 e. The van der Waals surface area contributed by atoms with Crippen molar-refractivity contribution in [3.05, 3.63) is 45.5 Å². The number of benzene rings is 1. The zero-order valence-electron chi connectivity index (χ0n) is 14.0. The van der Waals surface area contributed by atoms with Crippen molar-refractivity contribution < 1.29 is 0 Å². The van der Waals surface area contributed by atoms with Crippen molar-refractivity contribution in [3.63, 3.8) is 0 Å². The first-order valence-corrected chi connectivity index (χ1v) is 9.70. The summed E-state index contributed by atoms with van der Waals surface area (Å²) >= 11 is 7.74. The summed E-state index contributed by atoms with van der Waals surface area (Å²) in [6.07, 6.45) is 6.30. The summed E-state index contributed by atoms with van der Waals surface area (Å²) in [5, 5.41) is 0.745. The van der Waals surface area contributed by atoms with Gasteiger partial charge >= 0.3 is 0 Å². The van der Waals surface area contributed by atoms with Gasteiger partial charge in [0.1, 0.15) is 0 Å². The highest BCUT2D eigenvalue weighted by molar-refractivity contribution is 7.14. The molecular weight excluding hydrogens is 340 g/mol. The molecule has 1 aliphatic rings. The number of rotatable bonds is 2. The number of fused-ring (bicyclic) bond motifs is 1. The lowest BCUT2D eigenvalue weighted by Crippen LogP contribution is -2.22. The molecule has 126 valence electrons. The highest BCUT2D eigenvalue weighted by atomic mass is 35.5. The van der Waals surface area contributed by atoms with Gasteiger partial charge in [-0.2, -0.15) is 0 Å². The average Bonchev–Trinajstić information content (AvgIpc) is 3.06. The molecule has 4 rings (SSSR count). The van der Waals surface area contributed by atoms with Gasteiger partial charge in [0.2, 0.25) is 9.76 Å². The summed E-state index contributed by atoms with van der Waals surface area (Å²) in [4.78, 5) is 11.8. The summed E-state index contributed by atoms with van der Waals surface area (Å²) in [7, 11) is 0. The van der Waals surface area contributed by atoms with Gasteiger partial charge in [-0.1, -0.05) is 42.2 Å². The summed E-state index contributed by atoms with van der Waals surface area (Å²) in [5.74, 6) is 0. The van der Waals surface area contributed by atoms with Gasteiger partial charge in [-0.3, -0.25) is 4.99 Å². The Bertz CT molecular complexity index is 926. The lowest BCUT2D eigenvalue weighted by Gasteiger charge is -2.17. The van der Waals surface area contributed by atoms with Crippen LogP contribution in [0, 0.1) is 13.8 Å². The quantitative estimate of drug-likeness (QED) is 0.652. The largest absolute Gasteiger partial charge is 0.254 e. The van der Waals surface area contributed by atoms with Crippen LogP contribution in [-0.4, -0.2) is 20.2 Å². The molecule has 2 heterocycles. The zero-order chi connectivity index (χ0) is 16.7. The number of nitrogens with zero attached hydrogens (tertiary/aromatic N) is 4. The number of hydrogen-bond acceptors (Lipinski definition) is 3. The Balaban J connectivity index is 1.94. The normalized spacial score (nSPS) is 17.0. The molecule has 0 aliphatic heterocycles. The first-order chi connectivity index (χ1) is 11.6. The minimum atomic E-state index is 0.432. The summed E-state index contributed by atoms with van der Waals surface area (Å²) in [6.45, 7) is 4.16. The third-order valence-electron chi connectivity index (χ3n) is 4.79. The molecule has 1 fully saturated rings. The summed E-state index contributed by atoms with van der Waals surface area (Å²) in [5.41, 5.74) is 3.29. The van der Waals surface area contributed by atoms with E-state index in [9.17, 15) is 0 Å². The maximum Gasteiger partial charge on any atom is 0.213 e. The molecule has 0 unspecified atom stereocenters. The Morgan fingerprint density at radius 1 is 1.12 bits per heavy atom. The molecule has 0 radical (unpaired) electrons. The predicted molar refractivity (Wildman–Crippen MR) is 99.3 cm³/mol. The Kier molecular flexibility index (Phi) is 4.22. The number of aryl methyl sites for hydroxylation is 2. The molecule has 0 N–H and O–H groups in total. The predicted octanol–water partition coefficient (Wildman–Crippen LogP) is 4.69. The van der Waals surface area contributed by atoms with Crippen LogP contribution in [0.2, 0.25) is 5.02 Å². The fraction of sp³-hybridized carbons (Fsp3) is 0.444. The lowest BCUT2D eigenvalue weighted by atomic mass is 9.96. The topological polar surface area (TPSA) is 34.6 Å². The van der Waals surface area contributed by atoms with Crippen molar-refractivity contribution >= 4 is 27.9 Å². The van der Waals surface area contributed by atoms with E-state index in [1.54, 1.807) is 11.3 Å². The third-order valence-corrected chi connectivity index (χ3v) is 5.95. The van der Waals surface area contributed by atoms with Crippen LogP contribution in [0.1, 0.15) is 43.5 Å². The monoisotopic (exact) mass is 360 g/mol. The van der Waals surface area contributed by atoms with Crippen LogP contribution in [0.25, 0.3) is 10.6 Å². The first kappa shape index (κ1) is 15.9. The molecule has 0 saturated heterocycles. The number of hydrogen-bond donors (Lipinski definition) is 0. The minimum Gasteiger partial charge on any atom is -0.254 e. The second-order valence-corrected chi connectivity index (χ2v) is 7.84. The first-order valence-electron chi connectivity index (χ1n) is 8.51. The molecule has 2 aromatic heterocycles. The molecule has 1 aliphatic carbocycles. The molecule has 6 heteroatoms. The molecule has 3 aromatic rings. The van der Waals surface area contributed by atoms with Gasteiger partial charge in [-0.05, 0) is 51.0 Å². The van der Waals surface area contributed by atoms with E-state index in [0.29, 0.717) is 6.04 Å². The van der Waals surface area contributed by atoms with Crippen LogP contribution in [0.4, 0.5) is 0 Å². The van der Waals surface area contributed by atoms with Crippen LogP contribution in [0.15, 0.2) is 29.3 Å². The maximum absolute atomic E-state index is 6.07. The van der Waals surface area contributed by atoms with E-state index in [2.05, 4.69) is 23.0 Å². The van der Waals surface area contributed by atoms with Crippen molar-refractivity contribution in [2.45, 2.75) is 52.0 Å². The van der Waals surface area contributed by atoms with Gasteiger partial charge in [0.15, 0.2) is 0 Å².